The number of rotatable bonds is 3. The van der Waals surface area contributed by atoms with Crippen molar-refractivity contribution in [2.75, 3.05) is 0 Å². The number of hydrogen-bond acceptors (Lipinski definition) is 2. The van der Waals surface area contributed by atoms with E-state index in [1.807, 2.05) is 6.92 Å². The van der Waals surface area contributed by atoms with E-state index in [0.29, 0.717) is 5.70 Å². The van der Waals surface area contributed by atoms with Gasteiger partial charge in [0.2, 0.25) is 0 Å². The van der Waals surface area contributed by atoms with Gasteiger partial charge in [-0.3, -0.25) is 0 Å². The zero-order valence-electron chi connectivity index (χ0n) is 4.27. The molecule has 3 nitrogen and oxygen atoms in total. The maximum Gasteiger partial charge on any atom is 0.0543 e. The lowest BCUT2D eigenvalue weighted by atomic mass is 10.4. The number of hydrogen-bond donors (Lipinski definition) is 1. The number of nitrogens with one attached hydrogen (secondary N) is 1. The third-order valence-electron chi connectivity index (χ3n) is 0.631. The third-order valence-corrected chi connectivity index (χ3v) is 0.631. The average Bonchev–Trinajstić information content (AvgIpc) is 1.68. The second kappa shape index (κ2) is 3.33. The molecular weight excluding hydrogens is 92.1 g/mol. The van der Waals surface area contributed by atoms with Gasteiger partial charge >= 0.3 is 0 Å². The van der Waals surface area contributed by atoms with Gasteiger partial charge in [-0.2, -0.15) is 0 Å². The van der Waals surface area contributed by atoms with Crippen LogP contribution in [0.15, 0.2) is 17.6 Å². The first-order chi connectivity index (χ1) is 3.31. The van der Waals surface area contributed by atoms with Gasteiger partial charge < -0.3 is 0 Å². The monoisotopic (exact) mass is 100 g/mol. The molecule has 0 aromatic rings. The van der Waals surface area contributed by atoms with Crippen molar-refractivity contribution in [3.8, 4) is 0 Å². The molecule has 0 unspecified atom stereocenters. The minimum absolute atomic E-state index is 0.648. The Balaban J connectivity index is 3.17. The number of nitrogens with zero attached hydrogens (tertiary/aromatic N) is 1. The highest BCUT2D eigenvalue weighted by Crippen LogP contribution is 1.87. The zero-order chi connectivity index (χ0) is 5.70. The Bertz CT molecular complexity index is 79.8. The van der Waals surface area contributed by atoms with E-state index in [-0.39, 0.29) is 0 Å². The summed E-state index contributed by atoms with van der Waals surface area (Å²) in [7, 11) is 0. The second-order valence-corrected chi connectivity index (χ2v) is 1.16. The Morgan fingerprint density at radius 1 is 2.00 bits per heavy atom. The standard InChI is InChI=1S/C4H8N2O/c1-3-4(2)5-6-7/h2-3H2,1H3,(H,5,7). The highest BCUT2D eigenvalue weighted by Gasteiger charge is 1.81. The maximum absolute atomic E-state index is 9.35. The first-order valence-corrected chi connectivity index (χ1v) is 2.07. The molecule has 0 aliphatic carbocycles. The predicted molar refractivity (Wildman–Crippen MR) is 28.4 cm³/mol. The third kappa shape index (κ3) is 2.96. The van der Waals surface area contributed by atoms with Gasteiger partial charge in [-0.1, -0.05) is 13.5 Å². The summed E-state index contributed by atoms with van der Waals surface area (Å²) in [5, 5.41) is 2.41. The van der Waals surface area contributed by atoms with Gasteiger partial charge in [0.25, 0.3) is 0 Å². The smallest absolute Gasteiger partial charge is 0.0543 e. The van der Waals surface area contributed by atoms with Crippen LogP contribution in [0.25, 0.3) is 0 Å². The molecule has 0 aliphatic heterocycles. The second-order valence-electron chi connectivity index (χ2n) is 1.16. The molecular formula is C4H8N2O. The molecule has 0 aromatic carbocycles. The lowest BCUT2D eigenvalue weighted by molar-refractivity contribution is 0.827. The van der Waals surface area contributed by atoms with Crippen LogP contribution < -0.4 is 5.43 Å². The lowest BCUT2D eigenvalue weighted by Crippen LogP contribution is -1.99. The molecule has 0 bridgehead atoms. The maximum atomic E-state index is 9.35. The molecule has 0 amide bonds. The van der Waals surface area contributed by atoms with Crippen molar-refractivity contribution in [2.24, 2.45) is 5.29 Å². The Morgan fingerprint density at radius 2 is 2.57 bits per heavy atom. The fourth-order valence-corrected chi connectivity index (χ4v) is 0.144. The molecule has 40 valence electrons. The van der Waals surface area contributed by atoms with Crippen molar-refractivity contribution in [1.82, 2.24) is 5.43 Å². The Kier molecular flexibility index (Phi) is 2.92. The molecule has 0 aliphatic rings. The van der Waals surface area contributed by atoms with Gasteiger partial charge in [-0.25, -0.2) is 5.43 Å². The first-order valence-electron chi connectivity index (χ1n) is 2.07. The molecule has 0 atom stereocenters. The van der Waals surface area contributed by atoms with Crippen molar-refractivity contribution >= 4 is 0 Å². The fraction of sp³-hybridized carbons (Fsp3) is 0.500. The number of nitroso groups, excluding NO2 is 1. The first kappa shape index (κ1) is 6.14. The van der Waals surface area contributed by atoms with E-state index in [9.17, 15) is 4.91 Å². The van der Waals surface area contributed by atoms with Crippen LogP contribution in [-0.2, 0) is 0 Å². The summed E-state index contributed by atoms with van der Waals surface area (Å²) >= 11 is 0. The number of allylic oxidation sites excluding steroid dienone is 1. The van der Waals surface area contributed by atoms with E-state index in [2.05, 4.69) is 17.3 Å². The molecule has 0 fully saturated rings. The zero-order valence-corrected chi connectivity index (χ0v) is 4.27. The Morgan fingerprint density at radius 3 is 2.71 bits per heavy atom. The Labute approximate surface area is 42.4 Å². The van der Waals surface area contributed by atoms with E-state index in [0.717, 1.165) is 6.42 Å². The normalized spacial score (nSPS) is 7.57. The minimum Gasteiger partial charge on any atom is -0.247 e. The van der Waals surface area contributed by atoms with Crippen LogP contribution in [0, 0.1) is 4.91 Å². The summed E-state index contributed by atoms with van der Waals surface area (Å²) in [6.45, 7) is 5.35. The largest absolute Gasteiger partial charge is 0.247 e. The van der Waals surface area contributed by atoms with Crippen LogP contribution in [0.1, 0.15) is 13.3 Å². The molecule has 1 N–H and O–H groups in total. The van der Waals surface area contributed by atoms with Crippen LogP contribution in [0.2, 0.25) is 0 Å². The predicted octanol–water partition coefficient (Wildman–Crippen LogP) is 1.18. The van der Waals surface area contributed by atoms with Crippen LogP contribution in [0.3, 0.4) is 0 Å². The fourth-order valence-electron chi connectivity index (χ4n) is 0.144. The molecule has 0 rings (SSSR count). The highest BCUT2D eigenvalue weighted by molar-refractivity contribution is 4.86. The molecule has 7 heavy (non-hydrogen) atoms. The van der Waals surface area contributed by atoms with Crippen molar-refractivity contribution in [1.29, 1.82) is 0 Å². The van der Waals surface area contributed by atoms with Crippen molar-refractivity contribution in [2.45, 2.75) is 13.3 Å². The van der Waals surface area contributed by atoms with Crippen molar-refractivity contribution < 1.29 is 0 Å². The average molecular weight is 100 g/mol. The molecule has 0 radical (unpaired) electrons. The van der Waals surface area contributed by atoms with Gasteiger partial charge in [0.1, 0.15) is 0 Å². The summed E-state index contributed by atoms with van der Waals surface area (Å²) in [6, 6.07) is 0. The van der Waals surface area contributed by atoms with Gasteiger partial charge in [-0.05, 0) is 6.42 Å². The van der Waals surface area contributed by atoms with Gasteiger partial charge in [-0.15, -0.1) is 4.91 Å². The minimum atomic E-state index is 0.648. The summed E-state index contributed by atoms with van der Waals surface area (Å²) in [6.07, 6.45) is 0.742. The van der Waals surface area contributed by atoms with Crippen LogP contribution in [0.5, 0.6) is 0 Å². The lowest BCUT2D eigenvalue weighted by Gasteiger charge is -1.91. The van der Waals surface area contributed by atoms with E-state index in [4.69, 9.17) is 0 Å². The summed E-state index contributed by atoms with van der Waals surface area (Å²) < 4.78 is 0. The highest BCUT2D eigenvalue weighted by atomic mass is 16.3. The van der Waals surface area contributed by atoms with E-state index in [1.54, 1.807) is 0 Å². The SMILES string of the molecule is C=C(CC)NN=O. The van der Waals surface area contributed by atoms with Crippen molar-refractivity contribution in [3.05, 3.63) is 17.2 Å². The van der Waals surface area contributed by atoms with Crippen molar-refractivity contribution in [3.63, 3.8) is 0 Å². The summed E-state index contributed by atoms with van der Waals surface area (Å²) in [5.41, 5.74) is 2.82. The van der Waals surface area contributed by atoms with Gasteiger partial charge in [0.05, 0.1) is 5.29 Å². The summed E-state index contributed by atoms with van der Waals surface area (Å²) in [4.78, 5) is 9.35. The molecule has 3 heteroatoms. The molecule has 0 spiro atoms. The van der Waals surface area contributed by atoms with E-state index in [1.165, 1.54) is 0 Å². The van der Waals surface area contributed by atoms with Crippen LogP contribution in [0.4, 0.5) is 0 Å². The molecule has 0 heterocycles. The van der Waals surface area contributed by atoms with Gasteiger partial charge in [0, 0.05) is 5.70 Å². The van der Waals surface area contributed by atoms with Crippen LogP contribution in [-0.4, -0.2) is 0 Å². The quantitative estimate of drug-likeness (QED) is 0.427. The molecule has 0 saturated heterocycles. The topological polar surface area (TPSA) is 41.5 Å². The van der Waals surface area contributed by atoms with Gasteiger partial charge in [0.15, 0.2) is 0 Å². The summed E-state index contributed by atoms with van der Waals surface area (Å²) in [5.74, 6) is 0. The van der Waals surface area contributed by atoms with Crippen LogP contribution >= 0.6 is 0 Å². The molecule has 0 aromatic heterocycles. The Hall–Kier alpha value is -0.860. The molecule has 0 saturated carbocycles. The van der Waals surface area contributed by atoms with E-state index >= 15 is 0 Å². The van der Waals surface area contributed by atoms with E-state index < -0.39 is 0 Å².